The summed E-state index contributed by atoms with van der Waals surface area (Å²) in [6.45, 7) is 12.7. The van der Waals surface area contributed by atoms with E-state index < -0.39 is 22.7 Å². The number of carbonyl (C=O) groups is 2. The van der Waals surface area contributed by atoms with Gasteiger partial charge in [0.25, 0.3) is 0 Å². The molecule has 2 spiro atoms. The Labute approximate surface area is 178 Å². The van der Waals surface area contributed by atoms with Gasteiger partial charge in [0.1, 0.15) is 5.41 Å². The predicted molar refractivity (Wildman–Crippen MR) is 114 cm³/mol. The highest BCUT2D eigenvalue weighted by Crippen LogP contribution is 2.77. The molecule has 2 bridgehead atoms. The van der Waals surface area contributed by atoms with Gasteiger partial charge >= 0.3 is 0 Å². The van der Waals surface area contributed by atoms with E-state index in [1.54, 1.807) is 6.26 Å². The smallest absolute Gasteiger partial charge is 0.244 e. The Kier molecular flexibility index (Phi) is 3.67. The first-order chi connectivity index (χ1) is 13.9. The largest absolute Gasteiger partial charge is 0.472 e. The summed E-state index contributed by atoms with van der Waals surface area (Å²) >= 11 is 0. The minimum absolute atomic E-state index is 0.130. The number of amides is 2. The quantitative estimate of drug-likeness (QED) is 0.631. The Balaban J connectivity index is 1.72. The van der Waals surface area contributed by atoms with Gasteiger partial charge in [-0.05, 0) is 41.4 Å². The van der Waals surface area contributed by atoms with Gasteiger partial charge in [-0.3, -0.25) is 9.59 Å². The number of imide groups is 1. The maximum Gasteiger partial charge on any atom is 0.244 e. The molecule has 5 rings (SSSR count). The molecule has 0 N–H and O–H groups in total. The van der Waals surface area contributed by atoms with Gasteiger partial charge in [-0.15, -0.1) is 0 Å². The SMILES string of the molecule is CC(C)(C)c1ccccc1N1C(=O)C[C@]2(C1=O)[C@]13C=CO[C@H]1O[C@@]2(C(C)(C)C)CC3. The number of ether oxygens (including phenoxy) is 2. The Morgan fingerprint density at radius 1 is 1.03 bits per heavy atom. The number of hydrogen-bond donors (Lipinski definition) is 0. The molecule has 3 aliphatic heterocycles. The van der Waals surface area contributed by atoms with Gasteiger partial charge in [0.05, 0.1) is 23.0 Å². The second-order valence-corrected chi connectivity index (χ2v) is 11.4. The molecule has 0 radical (unpaired) electrons. The zero-order valence-corrected chi connectivity index (χ0v) is 18.7. The average Bonchev–Trinajstić information content (AvgIpc) is 3.32. The summed E-state index contributed by atoms with van der Waals surface area (Å²) in [6, 6.07) is 7.77. The van der Waals surface area contributed by atoms with E-state index in [4.69, 9.17) is 9.47 Å². The Bertz CT molecular complexity index is 984. The summed E-state index contributed by atoms with van der Waals surface area (Å²) in [5.41, 5.74) is -1.11. The van der Waals surface area contributed by atoms with Crippen molar-refractivity contribution in [3.63, 3.8) is 0 Å². The van der Waals surface area contributed by atoms with Gasteiger partial charge in [0.15, 0.2) is 0 Å². The first-order valence-electron chi connectivity index (χ1n) is 10.9. The third-order valence-electron chi connectivity index (χ3n) is 8.07. The monoisotopic (exact) mass is 409 g/mol. The molecule has 160 valence electrons. The van der Waals surface area contributed by atoms with E-state index in [0.29, 0.717) is 5.69 Å². The van der Waals surface area contributed by atoms with Gasteiger partial charge in [0.2, 0.25) is 18.1 Å². The molecular weight excluding hydrogens is 378 g/mol. The highest BCUT2D eigenvalue weighted by Gasteiger charge is 2.86. The molecule has 2 amide bonds. The van der Waals surface area contributed by atoms with E-state index in [-0.39, 0.29) is 29.1 Å². The molecular formula is C25H31NO4. The molecule has 1 aromatic rings. The van der Waals surface area contributed by atoms with Crippen LogP contribution in [0.15, 0.2) is 36.6 Å². The van der Waals surface area contributed by atoms with E-state index in [0.717, 1.165) is 18.4 Å². The Morgan fingerprint density at radius 3 is 2.40 bits per heavy atom. The number of anilines is 1. The fourth-order valence-electron chi connectivity index (χ4n) is 6.74. The topological polar surface area (TPSA) is 55.8 Å². The fraction of sp³-hybridized carbons (Fsp3) is 0.600. The molecule has 2 saturated heterocycles. The van der Waals surface area contributed by atoms with Crippen LogP contribution in [-0.2, 0) is 24.5 Å². The number of carbonyl (C=O) groups excluding carboxylic acids is 2. The molecule has 4 atom stereocenters. The maximum absolute atomic E-state index is 14.4. The van der Waals surface area contributed by atoms with Crippen LogP contribution >= 0.6 is 0 Å². The standard InChI is InChI=1S/C25H31NO4/c1-21(2,3)16-9-7-8-10-17(16)26-18(27)15-24(19(26)28)23-11-12-25(24,22(4,5)6)30-20(23)29-14-13-23/h7-10,13-14,20H,11-12,15H2,1-6H3/t20-,23+,24-,25+/m0/s1. The summed E-state index contributed by atoms with van der Waals surface area (Å²) < 4.78 is 12.4. The van der Waals surface area contributed by atoms with E-state index in [1.807, 2.05) is 30.3 Å². The molecule has 4 aliphatic rings. The van der Waals surface area contributed by atoms with Crippen LogP contribution in [0, 0.1) is 16.2 Å². The number of benzene rings is 1. The zero-order valence-electron chi connectivity index (χ0n) is 18.7. The fourth-order valence-corrected chi connectivity index (χ4v) is 6.74. The summed E-state index contributed by atoms with van der Waals surface area (Å²) in [5, 5.41) is 0. The molecule has 5 nitrogen and oxygen atoms in total. The molecule has 1 saturated carbocycles. The minimum Gasteiger partial charge on any atom is -0.472 e. The number of nitrogens with zero attached hydrogens (tertiary/aromatic N) is 1. The van der Waals surface area contributed by atoms with E-state index >= 15 is 0 Å². The first kappa shape index (κ1) is 19.8. The first-order valence-corrected chi connectivity index (χ1v) is 10.9. The van der Waals surface area contributed by atoms with Crippen LogP contribution in [0.1, 0.15) is 66.4 Å². The number of rotatable bonds is 1. The van der Waals surface area contributed by atoms with Crippen molar-refractivity contribution in [1.29, 1.82) is 0 Å². The van der Waals surface area contributed by atoms with Gasteiger partial charge in [-0.2, -0.15) is 0 Å². The normalized spacial score (nSPS) is 37.4. The molecule has 5 heteroatoms. The van der Waals surface area contributed by atoms with Crippen molar-refractivity contribution in [2.24, 2.45) is 16.2 Å². The van der Waals surface area contributed by atoms with Crippen molar-refractivity contribution in [2.45, 2.75) is 78.1 Å². The lowest BCUT2D eigenvalue weighted by atomic mass is 9.55. The lowest BCUT2D eigenvalue weighted by Gasteiger charge is -2.47. The van der Waals surface area contributed by atoms with Crippen LogP contribution in [0.25, 0.3) is 0 Å². The third kappa shape index (κ3) is 1.98. The van der Waals surface area contributed by atoms with Crippen molar-refractivity contribution in [2.75, 3.05) is 4.90 Å². The minimum atomic E-state index is -0.946. The van der Waals surface area contributed by atoms with Crippen molar-refractivity contribution in [3.8, 4) is 0 Å². The van der Waals surface area contributed by atoms with Crippen LogP contribution in [0.4, 0.5) is 5.69 Å². The highest BCUT2D eigenvalue weighted by molar-refractivity contribution is 6.24. The van der Waals surface area contributed by atoms with Crippen LogP contribution in [-0.4, -0.2) is 23.7 Å². The third-order valence-corrected chi connectivity index (χ3v) is 8.07. The van der Waals surface area contributed by atoms with E-state index in [1.165, 1.54) is 4.90 Å². The molecule has 30 heavy (non-hydrogen) atoms. The molecule has 1 aliphatic carbocycles. The molecule has 3 fully saturated rings. The summed E-state index contributed by atoms with van der Waals surface area (Å²) in [7, 11) is 0. The lowest BCUT2D eigenvalue weighted by molar-refractivity contribution is -0.215. The molecule has 1 aromatic carbocycles. The van der Waals surface area contributed by atoms with Crippen molar-refractivity contribution < 1.29 is 19.1 Å². The molecule has 3 heterocycles. The van der Waals surface area contributed by atoms with Crippen LogP contribution < -0.4 is 4.90 Å². The van der Waals surface area contributed by atoms with Crippen molar-refractivity contribution in [1.82, 2.24) is 0 Å². The summed E-state index contributed by atoms with van der Waals surface area (Å²) in [4.78, 5) is 29.4. The average molecular weight is 410 g/mol. The van der Waals surface area contributed by atoms with Crippen LogP contribution in [0.2, 0.25) is 0 Å². The van der Waals surface area contributed by atoms with Gasteiger partial charge in [-0.1, -0.05) is 59.7 Å². The van der Waals surface area contributed by atoms with E-state index in [9.17, 15) is 9.59 Å². The molecule has 0 aromatic heterocycles. The number of hydrogen-bond acceptors (Lipinski definition) is 4. The van der Waals surface area contributed by atoms with Crippen LogP contribution in [0.3, 0.4) is 0 Å². The Hall–Kier alpha value is -2.14. The summed E-state index contributed by atoms with van der Waals surface area (Å²) in [5.74, 6) is -0.273. The lowest BCUT2D eigenvalue weighted by Crippen LogP contribution is -2.57. The van der Waals surface area contributed by atoms with Crippen molar-refractivity contribution in [3.05, 3.63) is 42.2 Å². The van der Waals surface area contributed by atoms with Crippen LogP contribution in [0.5, 0.6) is 0 Å². The highest BCUT2D eigenvalue weighted by atomic mass is 16.7. The second-order valence-electron chi connectivity index (χ2n) is 11.4. The maximum atomic E-state index is 14.4. The van der Waals surface area contributed by atoms with Gasteiger partial charge in [-0.25, -0.2) is 4.90 Å². The van der Waals surface area contributed by atoms with Crippen molar-refractivity contribution >= 4 is 17.5 Å². The second kappa shape index (κ2) is 5.56. The summed E-state index contributed by atoms with van der Waals surface area (Å²) in [6.07, 6.45) is 4.86. The zero-order chi connectivity index (χ0) is 21.7. The van der Waals surface area contributed by atoms with Gasteiger partial charge in [0, 0.05) is 6.42 Å². The number of para-hydroxylation sites is 1. The van der Waals surface area contributed by atoms with Gasteiger partial charge < -0.3 is 9.47 Å². The molecule has 0 unspecified atom stereocenters. The Morgan fingerprint density at radius 2 is 1.73 bits per heavy atom. The predicted octanol–water partition coefficient (Wildman–Crippen LogP) is 4.70. The van der Waals surface area contributed by atoms with E-state index in [2.05, 4.69) is 41.5 Å².